The van der Waals surface area contributed by atoms with Crippen molar-refractivity contribution in [1.29, 1.82) is 0 Å². The minimum Gasteiger partial charge on any atom is -0.490 e. The molecular formula is C24H24N2O6. The van der Waals surface area contributed by atoms with Gasteiger partial charge in [0.15, 0.2) is 17.6 Å². The van der Waals surface area contributed by atoms with Crippen molar-refractivity contribution in [2.45, 2.75) is 26.4 Å². The first-order valence-corrected chi connectivity index (χ1v) is 10.1. The number of hydrogen-bond acceptors (Lipinski definition) is 5. The number of rotatable bonds is 9. The van der Waals surface area contributed by atoms with Crippen molar-refractivity contribution in [3.05, 3.63) is 71.8 Å². The molecule has 2 amide bonds. The second-order valence-corrected chi connectivity index (χ2v) is 7.01. The van der Waals surface area contributed by atoms with Crippen LogP contribution >= 0.6 is 0 Å². The second-order valence-electron chi connectivity index (χ2n) is 7.01. The number of ether oxygens (including phenoxy) is 2. The van der Waals surface area contributed by atoms with E-state index >= 15 is 0 Å². The predicted octanol–water partition coefficient (Wildman–Crippen LogP) is 3.13. The van der Waals surface area contributed by atoms with Gasteiger partial charge in [-0.1, -0.05) is 24.3 Å². The molecule has 2 N–H and O–H groups in total. The fraction of sp³-hybridized carbons (Fsp3) is 0.208. The number of aliphatic carboxylic acids is 1. The Morgan fingerprint density at radius 3 is 2.59 bits per heavy atom. The van der Waals surface area contributed by atoms with Gasteiger partial charge in [0.2, 0.25) is 0 Å². The Hall–Kier alpha value is -4.07. The molecule has 0 aliphatic carbocycles. The maximum Gasteiger partial charge on any atom is 0.344 e. The summed E-state index contributed by atoms with van der Waals surface area (Å²) in [5.41, 5.74) is 4.23. The number of anilines is 1. The van der Waals surface area contributed by atoms with Gasteiger partial charge in [-0.15, -0.1) is 6.58 Å². The minimum atomic E-state index is -1.11. The van der Waals surface area contributed by atoms with Crippen LogP contribution in [0, 0.1) is 0 Å². The fourth-order valence-electron chi connectivity index (χ4n) is 3.18. The number of nitrogens with one attached hydrogen (secondary N) is 1. The molecule has 1 atom stereocenters. The van der Waals surface area contributed by atoms with E-state index in [9.17, 15) is 19.5 Å². The van der Waals surface area contributed by atoms with Gasteiger partial charge in [0.25, 0.3) is 11.8 Å². The first-order chi connectivity index (χ1) is 15.3. The first-order valence-electron chi connectivity index (χ1n) is 10.1. The molecule has 2 aromatic rings. The van der Waals surface area contributed by atoms with Crippen LogP contribution in [0.1, 0.15) is 25.0 Å². The molecule has 1 aliphatic heterocycles. The zero-order valence-electron chi connectivity index (χ0n) is 17.8. The largest absolute Gasteiger partial charge is 0.490 e. The molecule has 0 spiro atoms. The zero-order chi connectivity index (χ0) is 23.3. The summed E-state index contributed by atoms with van der Waals surface area (Å²) in [5.74, 6) is -1.52. The molecule has 0 bridgehead atoms. The lowest BCUT2D eigenvalue weighted by molar-refractivity contribution is -0.144. The van der Waals surface area contributed by atoms with Gasteiger partial charge >= 0.3 is 5.97 Å². The maximum absolute atomic E-state index is 12.9. The summed E-state index contributed by atoms with van der Waals surface area (Å²) < 4.78 is 11.3. The molecular weight excluding hydrogens is 412 g/mol. The number of nitrogens with zero attached hydrogens (tertiary/aromatic N) is 1. The number of benzene rings is 2. The number of hydrazine groups is 1. The second kappa shape index (κ2) is 9.82. The molecule has 32 heavy (non-hydrogen) atoms. The molecule has 3 rings (SSSR count). The highest BCUT2D eigenvalue weighted by Gasteiger charge is 2.34. The molecule has 2 aromatic carbocycles. The van der Waals surface area contributed by atoms with E-state index in [1.54, 1.807) is 49.4 Å². The number of para-hydroxylation sites is 1. The van der Waals surface area contributed by atoms with Crippen LogP contribution in [0.15, 0.2) is 60.7 Å². The molecule has 0 radical (unpaired) electrons. The van der Waals surface area contributed by atoms with E-state index in [4.69, 9.17) is 9.47 Å². The number of carbonyl (C=O) groups excluding carboxylic acids is 2. The van der Waals surface area contributed by atoms with Crippen LogP contribution in [0.2, 0.25) is 0 Å². The van der Waals surface area contributed by atoms with E-state index in [-0.39, 0.29) is 11.3 Å². The first kappa shape index (κ1) is 22.6. The van der Waals surface area contributed by atoms with Crippen LogP contribution in [0.25, 0.3) is 6.08 Å². The molecule has 1 heterocycles. The Morgan fingerprint density at radius 1 is 1.25 bits per heavy atom. The quantitative estimate of drug-likeness (QED) is 0.356. The molecule has 166 valence electrons. The summed E-state index contributed by atoms with van der Waals surface area (Å²) in [6, 6.07) is 12.1. The van der Waals surface area contributed by atoms with Crippen molar-refractivity contribution >= 4 is 29.5 Å². The molecule has 8 nitrogen and oxygen atoms in total. The van der Waals surface area contributed by atoms with Crippen molar-refractivity contribution < 1.29 is 29.0 Å². The minimum absolute atomic E-state index is 0.0339. The summed E-state index contributed by atoms with van der Waals surface area (Å²) >= 11 is 0. The summed E-state index contributed by atoms with van der Waals surface area (Å²) in [4.78, 5) is 36.6. The fourth-order valence-corrected chi connectivity index (χ4v) is 3.18. The van der Waals surface area contributed by atoms with Gasteiger partial charge in [-0.3, -0.25) is 15.0 Å². The van der Waals surface area contributed by atoms with Gasteiger partial charge in [0.05, 0.1) is 12.3 Å². The highest BCUT2D eigenvalue weighted by atomic mass is 16.5. The van der Waals surface area contributed by atoms with Crippen molar-refractivity contribution in [3.63, 3.8) is 0 Å². The van der Waals surface area contributed by atoms with E-state index in [0.717, 1.165) is 0 Å². The van der Waals surface area contributed by atoms with Gasteiger partial charge in [-0.2, -0.15) is 0 Å². The van der Waals surface area contributed by atoms with Crippen LogP contribution in [0.4, 0.5) is 5.69 Å². The van der Waals surface area contributed by atoms with E-state index < -0.39 is 23.9 Å². The average molecular weight is 436 g/mol. The van der Waals surface area contributed by atoms with Crippen LogP contribution in [-0.4, -0.2) is 35.6 Å². The number of carboxylic acid groups (broad SMARTS) is 1. The monoisotopic (exact) mass is 436 g/mol. The van der Waals surface area contributed by atoms with Crippen LogP contribution < -0.4 is 19.9 Å². The van der Waals surface area contributed by atoms with Gasteiger partial charge < -0.3 is 14.6 Å². The highest BCUT2D eigenvalue weighted by Crippen LogP contribution is 2.36. The number of carboxylic acids is 1. The normalized spacial score (nSPS) is 15.4. The van der Waals surface area contributed by atoms with Crippen LogP contribution in [0.3, 0.4) is 0 Å². The molecule has 1 unspecified atom stereocenters. The van der Waals surface area contributed by atoms with E-state index in [2.05, 4.69) is 12.0 Å². The Bertz CT molecular complexity index is 1080. The van der Waals surface area contributed by atoms with E-state index in [0.29, 0.717) is 35.6 Å². The third-order valence-corrected chi connectivity index (χ3v) is 4.68. The third-order valence-electron chi connectivity index (χ3n) is 4.68. The molecule has 0 aromatic heterocycles. The van der Waals surface area contributed by atoms with Crippen molar-refractivity contribution in [2.24, 2.45) is 0 Å². The molecule has 1 aliphatic rings. The third kappa shape index (κ3) is 4.80. The maximum atomic E-state index is 12.9. The number of hydrogen-bond donors (Lipinski definition) is 2. The molecule has 1 fully saturated rings. The highest BCUT2D eigenvalue weighted by molar-refractivity contribution is 6.31. The average Bonchev–Trinajstić information content (AvgIpc) is 3.05. The van der Waals surface area contributed by atoms with Gasteiger partial charge in [0, 0.05) is 5.56 Å². The van der Waals surface area contributed by atoms with Crippen LogP contribution in [-0.2, 0) is 20.8 Å². The van der Waals surface area contributed by atoms with E-state index in [1.807, 2.05) is 6.07 Å². The predicted molar refractivity (Wildman–Crippen MR) is 119 cm³/mol. The van der Waals surface area contributed by atoms with Crippen molar-refractivity contribution in [2.75, 3.05) is 11.6 Å². The Morgan fingerprint density at radius 2 is 1.97 bits per heavy atom. The molecule has 8 heteroatoms. The molecule has 0 saturated carbocycles. The van der Waals surface area contributed by atoms with Crippen LogP contribution in [0.5, 0.6) is 11.5 Å². The summed E-state index contributed by atoms with van der Waals surface area (Å²) in [6.45, 7) is 7.25. The summed E-state index contributed by atoms with van der Waals surface area (Å²) in [5, 5.41) is 10.4. The van der Waals surface area contributed by atoms with Crippen molar-refractivity contribution in [1.82, 2.24) is 5.43 Å². The zero-order valence-corrected chi connectivity index (χ0v) is 17.8. The van der Waals surface area contributed by atoms with Gasteiger partial charge in [-0.25, -0.2) is 9.80 Å². The summed E-state index contributed by atoms with van der Waals surface area (Å²) in [7, 11) is 0. The van der Waals surface area contributed by atoms with Crippen molar-refractivity contribution in [3.8, 4) is 11.5 Å². The number of carbonyl (C=O) groups is 3. The van der Waals surface area contributed by atoms with E-state index in [1.165, 1.54) is 18.0 Å². The lowest BCUT2D eigenvalue weighted by Crippen LogP contribution is -2.35. The Labute approximate surface area is 185 Å². The SMILES string of the molecule is C=CCc1cc(C=C2C(=O)NN(c3ccccc3)C2=O)cc(OCC)c1OC(C)C(=O)O. The number of allylic oxidation sites excluding steroid dienone is 1. The Kier molecular flexibility index (Phi) is 6.94. The lowest BCUT2D eigenvalue weighted by Gasteiger charge is -2.19. The topological polar surface area (TPSA) is 105 Å². The molecule has 1 saturated heterocycles. The smallest absolute Gasteiger partial charge is 0.344 e. The summed E-state index contributed by atoms with van der Waals surface area (Å²) in [6.07, 6.45) is 2.39. The standard InChI is InChI=1S/C24H24N2O6/c1-4-9-17-12-16(14-20(31-5-2)21(17)32-15(3)24(29)30)13-19-22(27)25-26(23(19)28)18-10-7-6-8-11-18/h4,6-8,10-15H,1,5,9H2,2-3H3,(H,25,27)(H,29,30). The number of amides is 2. The van der Waals surface area contributed by atoms with Gasteiger partial charge in [0.1, 0.15) is 5.57 Å². The van der Waals surface area contributed by atoms with Gasteiger partial charge in [-0.05, 0) is 56.2 Å². The lowest BCUT2D eigenvalue weighted by atomic mass is 10.0. The Balaban J connectivity index is 2.02.